The van der Waals surface area contributed by atoms with Gasteiger partial charge in [-0.15, -0.1) is 0 Å². The van der Waals surface area contributed by atoms with Gasteiger partial charge >= 0.3 is 0 Å². The number of hydrogen-bond donors (Lipinski definition) is 1. The van der Waals surface area contributed by atoms with Crippen LogP contribution in [0.15, 0.2) is 51.5 Å². The van der Waals surface area contributed by atoms with Crippen LogP contribution in [0.4, 0.5) is 10.3 Å². The molecule has 0 atom stereocenters. The maximum Gasteiger partial charge on any atom is 0.230 e. The number of anilines is 1. The fourth-order valence-corrected chi connectivity index (χ4v) is 2.59. The predicted molar refractivity (Wildman–Crippen MR) is 84.5 cm³/mol. The minimum absolute atomic E-state index is 0.140. The molecule has 1 heterocycles. The van der Waals surface area contributed by atoms with E-state index in [2.05, 4.69) is 21.1 Å². The average molecular weight is 368 g/mol. The summed E-state index contributed by atoms with van der Waals surface area (Å²) in [6, 6.07) is 11.6. The van der Waals surface area contributed by atoms with Crippen LogP contribution in [0.5, 0.6) is 0 Å². The molecule has 6 heteroatoms. The molecule has 3 aromatic rings. The first-order valence-corrected chi connectivity index (χ1v) is 7.20. The van der Waals surface area contributed by atoms with E-state index >= 15 is 0 Å². The molecule has 3 rings (SSSR count). The summed E-state index contributed by atoms with van der Waals surface area (Å²) in [4.78, 5) is 0. The number of hydrogen-bond acceptors (Lipinski definition) is 3. The largest absolute Gasteiger partial charge is 0.367 e. The summed E-state index contributed by atoms with van der Waals surface area (Å²) in [5, 5.41) is 4.24. The van der Waals surface area contributed by atoms with Crippen molar-refractivity contribution in [1.29, 1.82) is 0 Å². The fraction of sp³-hybridized carbons (Fsp3) is 0. The Morgan fingerprint density at radius 3 is 2.52 bits per heavy atom. The van der Waals surface area contributed by atoms with Crippen molar-refractivity contribution >= 4 is 33.4 Å². The summed E-state index contributed by atoms with van der Waals surface area (Å²) < 4.78 is 19.2. The Kier molecular flexibility index (Phi) is 3.69. The summed E-state index contributed by atoms with van der Waals surface area (Å²) in [7, 11) is 0. The van der Waals surface area contributed by atoms with Crippen LogP contribution in [0.3, 0.4) is 0 Å². The zero-order valence-electron chi connectivity index (χ0n) is 10.6. The molecule has 0 aliphatic carbocycles. The lowest BCUT2D eigenvalue weighted by Gasteiger charge is -2.05. The minimum Gasteiger partial charge on any atom is -0.367 e. The summed E-state index contributed by atoms with van der Waals surface area (Å²) >= 11 is 9.48. The van der Waals surface area contributed by atoms with Crippen molar-refractivity contribution in [3.05, 3.63) is 57.8 Å². The van der Waals surface area contributed by atoms with Gasteiger partial charge in [-0.05, 0) is 30.3 Å². The quantitative estimate of drug-likeness (QED) is 0.682. The third-order valence-electron chi connectivity index (χ3n) is 3.04. The Morgan fingerprint density at radius 1 is 1.14 bits per heavy atom. The fourth-order valence-electron chi connectivity index (χ4n) is 2.06. The van der Waals surface area contributed by atoms with E-state index in [1.54, 1.807) is 6.07 Å². The molecule has 0 bridgehead atoms. The first kappa shape index (κ1) is 14.1. The minimum atomic E-state index is -0.413. The Balaban J connectivity index is 2.19. The van der Waals surface area contributed by atoms with E-state index in [0.29, 0.717) is 16.8 Å². The highest BCUT2D eigenvalue weighted by molar-refractivity contribution is 9.10. The Bertz CT molecular complexity index is 802. The van der Waals surface area contributed by atoms with E-state index in [1.807, 2.05) is 24.3 Å². The summed E-state index contributed by atoms with van der Waals surface area (Å²) in [6.07, 6.45) is 0. The molecule has 0 spiro atoms. The summed E-state index contributed by atoms with van der Waals surface area (Å²) in [5.41, 5.74) is 8.38. The highest BCUT2D eigenvalue weighted by Gasteiger charge is 2.19. The van der Waals surface area contributed by atoms with Crippen LogP contribution in [0.2, 0.25) is 5.02 Å². The molecule has 21 heavy (non-hydrogen) atoms. The summed E-state index contributed by atoms with van der Waals surface area (Å²) in [6.45, 7) is 0. The molecular weight excluding hydrogens is 359 g/mol. The van der Waals surface area contributed by atoms with Gasteiger partial charge in [0.2, 0.25) is 5.88 Å². The molecular formula is C15H9BrClFN2O. The van der Waals surface area contributed by atoms with Gasteiger partial charge in [0, 0.05) is 15.6 Å². The van der Waals surface area contributed by atoms with Crippen molar-refractivity contribution in [3.63, 3.8) is 0 Å². The normalized spacial score (nSPS) is 10.8. The standard InChI is InChI=1S/C15H9BrClFN2O/c16-9-3-1-8(2-4-9)14-13(15(19)21-20-14)11-6-5-10(18)7-12(11)17/h1-7H,19H2. The molecule has 0 fully saturated rings. The molecule has 0 radical (unpaired) electrons. The zero-order valence-corrected chi connectivity index (χ0v) is 13.0. The van der Waals surface area contributed by atoms with E-state index < -0.39 is 5.82 Å². The van der Waals surface area contributed by atoms with Crippen LogP contribution in [0, 0.1) is 5.82 Å². The number of rotatable bonds is 2. The van der Waals surface area contributed by atoms with Gasteiger partial charge in [0.1, 0.15) is 11.5 Å². The number of benzene rings is 2. The smallest absolute Gasteiger partial charge is 0.230 e. The van der Waals surface area contributed by atoms with Gasteiger partial charge in [-0.3, -0.25) is 0 Å². The van der Waals surface area contributed by atoms with Crippen LogP contribution in [-0.4, -0.2) is 5.16 Å². The van der Waals surface area contributed by atoms with Crippen LogP contribution < -0.4 is 5.73 Å². The predicted octanol–water partition coefficient (Wildman–Crippen LogP) is 5.15. The number of nitrogens with two attached hydrogens (primary N) is 1. The van der Waals surface area contributed by atoms with Crippen molar-refractivity contribution in [2.45, 2.75) is 0 Å². The molecule has 2 aromatic carbocycles. The molecule has 0 saturated heterocycles. The SMILES string of the molecule is Nc1onc(-c2ccc(Br)cc2)c1-c1ccc(F)cc1Cl. The third-order valence-corrected chi connectivity index (χ3v) is 3.88. The van der Waals surface area contributed by atoms with Gasteiger partial charge in [0.05, 0.1) is 10.6 Å². The zero-order chi connectivity index (χ0) is 15.0. The van der Waals surface area contributed by atoms with Gasteiger partial charge < -0.3 is 10.3 Å². The van der Waals surface area contributed by atoms with Crippen LogP contribution in [0.25, 0.3) is 22.4 Å². The number of halogens is 3. The van der Waals surface area contributed by atoms with E-state index in [4.69, 9.17) is 21.9 Å². The lowest BCUT2D eigenvalue weighted by molar-refractivity contribution is 0.439. The van der Waals surface area contributed by atoms with Crippen molar-refractivity contribution in [3.8, 4) is 22.4 Å². The maximum absolute atomic E-state index is 13.2. The second kappa shape index (κ2) is 5.50. The van der Waals surface area contributed by atoms with Crippen molar-refractivity contribution in [1.82, 2.24) is 5.16 Å². The third kappa shape index (κ3) is 2.66. The molecule has 106 valence electrons. The molecule has 0 unspecified atom stereocenters. The topological polar surface area (TPSA) is 52.0 Å². The molecule has 1 aromatic heterocycles. The summed E-state index contributed by atoms with van der Waals surface area (Å²) in [5.74, 6) is -0.273. The lowest BCUT2D eigenvalue weighted by atomic mass is 10.0. The Hall–Kier alpha value is -1.85. The van der Waals surface area contributed by atoms with Crippen molar-refractivity contribution in [2.24, 2.45) is 0 Å². The second-order valence-corrected chi connectivity index (χ2v) is 5.72. The molecule has 2 N–H and O–H groups in total. The van der Waals surface area contributed by atoms with E-state index in [0.717, 1.165) is 10.0 Å². The van der Waals surface area contributed by atoms with E-state index in [-0.39, 0.29) is 10.9 Å². The van der Waals surface area contributed by atoms with Gasteiger partial charge in [0.15, 0.2) is 0 Å². The van der Waals surface area contributed by atoms with Crippen LogP contribution in [-0.2, 0) is 0 Å². The van der Waals surface area contributed by atoms with Crippen molar-refractivity contribution in [2.75, 3.05) is 5.73 Å². The van der Waals surface area contributed by atoms with E-state index in [9.17, 15) is 4.39 Å². The average Bonchev–Trinajstić information content (AvgIpc) is 2.82. The molecule has 0 aliphatic heterocycles. The highest BCUT2D eigenvalue weighted by atomic mass is 79.9. The molecule has 0 saturated carbocycles. The Morgan fingerprint density at radius 2 is 1.86 bits per heavy atom. The van der Waals surface area contributed by atoms with Gasteiger partial charge in [-0.2, -0.15) is 0 Å². The number of nitrogens with zero attached hydrogens (tertiary/aromatic N) is 1. The molecule has 0 amide bonds. The molecule has 3 nitrogen and oxygen atoms in total. The van der Waals surface area contributed by atoms with Gasteiger partial charge in [0.25, 0.3) is 0 Å². The van der Waals surface area contributed by atoms with Gasteiger partial charge in [-0.1, -0.05) is 44.8 Å². The monoisotopic (exact) mass is 366 g/mol. The van der Waals surface area contributed by atoms with Crippen LogP contribution in [0.1, 0.15) is 0 Å². The van der Waals surface area contributed by atoms with E-state index in [1.165, 1.54) is 12.1 Å². The second-order valence-electron chi connectivity index (χ2n) is 4.40. The number of nitrogen functional groups attached to an aromatic ring is 1. The highest BCUT2D eigenvalue weighted by Crippen LogP contribution is 2.39. The lowest BCUT2D eigenvalue weighted by Crippen LogP contribution is -1.89. The van der Waals surface area contributed by atoms with Crippen molar-refractivity contribution < 1.29 is 8.91 Å². The Labute approximate surface area is 133 Å². The first-order chi connectivity index (χ1) is 10.1. The van der Waals surface area contributed by atoms with Gasteiger partial charge in [-0.25, -0.2) is 4.39 Å². The maximum atomic E-state index is 13.2. The number of aromatic nitrogens is 1. The first-order valence-electron chi connectivity index (χ1n) is 6.03. The van der Waals surface area contributed by atoms with Crippen LogP contribution >= 0.6 is 27.5 Å². The molecule has 0 aliphatic rings.